The molecule has 28 heavy (non-hydrogen) atoms. The van der Waals surface area contributed by atoms with Gasteiger partial charge < -0.3 is 20.8 Å². The first-order chi connectivity index (χ1) is 13.3. The van der Waals surface area contributed by atoms with Crippen molar-refractivity contribution in [2.24, 2.45) is 0 Å². The summed E-state index contributed by atoms with van der Waals surface area (Å²) in [6.07, 6.45) is 1.67. The van der Waals surface area contributed by atoms with Crippen molar-refractivity contribution in [2.75, 3.05) is 13.1 Å². The summed E-state index contributed by atoms with van der Waals surface area (Å²) in [7, 11) is 0. The molecule has 152 valence electrons. The van der Waals surface area contributed by atoms with Crippen molar-refractivity contribution in [3.05, 3.63) is 23.5 Å². The quantitative estimate of drug-likeness (QED) is 0.627. The number of nitrogens with one attached hydrogen (secondary N) is 2. The van der Waals surface area contributed by atoms with E-state index >= 15 is 0 Å². The van der Waals surface area contributed by atoms with Gasteiger partial charge in [-0.1, -0.05) is 13.8 Å². The molecular weight excluding hydrogens is 358 g/mol. The molecule has 0 spiro atoms. The summed E-state index contributed by atoms with van der Waals surface area (Å²) < 4.78 is 1.84. The van der Waals surface area contributed by atoms with Crippen molar-refractivity contribution in [1.29, 1.82) is 0 Å². The topological polar surface area (TPSA) is 112 Å². The molecule has 2 aromatic rings. The van der Waals surface area contributed by atoms with E-state index in [-0.39, 0.29) is 41.2 Å². The van der Waals surface area contributed by atoms with Crippen LogP contribution in [0.15, 0.2) is 12.1 Å². The predicted octanol–water partition coefficient (Wildman–Crippen LogP) is 2.54. The molecular formula is C20H29N5O3. The zero-order valence-electron chi connectivity index (χ0n) is 16.9. The lowest BCUT2D eigenvalue weighted by atomic mass is 9.98. The molecule has 1 aromatic carbocycles. The number of carbonyl (C=O) groups is 1. The first-order valence-electron chi connectivity index (χ1n) is 9.82. The van der Waals surface area contributed by atoms with Crippen LogP contribution >= 0.6 is 0 Å². The number of carbonyl (C=O) groups excluding carboxylic acids is 1. The average Bonchev–Trinajstić information content (AvgIpc) is 3.06. The highest BCUT2D eigenvalue weighted by molar-refractivity contribution is 5.91. The van der Waals surface area contributed by atoms with Crippen LogP contribution < -0.4 is 10.6 Å². The Morgan fingerprint density at radius 3 is 2.43 bits per heavy atom. The van der Waals surface area contributed by atoms with E-state index in [0.717, 1.165) is 25.9 Å². The molecule has 1 fully saturated rings. The molecule has 0 bridgehead atoms. The average molecular weight is 387 g/mol. The van der Waals surface area contributed by atoms with Crippen molar-refractivity contribution in [3.8, 4) is 22.9 Å². The molecule has 8 nitrogen and oxygen atoms in total. The van der Waals surface area contributed by atoms with Gasteiger partial charge in [0.25, 0.3) is 5.91 Å². The van der Waals surface area contributed by atoms with Gasteiger partial charge in [-0.25, -0.2) is 0 Å². The molecule has 0 aliphatic carbocycles. The Balaban J connectivity index is 2.14. The number of nitrogens with zero attached hydrogens (tertiary/aromatic N) is 3. The summed E-state index contributed by atoms with van der Waals surface area (Å²) in [5.74, 6) is 0.435. The first-order valence-corrected chi connectivity index (χ1v) is 9.82. The number of benzene rings is 1. The number of amides is 1. The van der Waals surface area contributed by atoms with Gasteiger partial charge in [-0.15, -0.1) is 10.2 Å². The summed E-state index contributed by atoms with van der Waals surface area (Å²) >= 11 is 0. The van der Waals surface area contributed by atoms with Crippen LogP contribution in [0.25, 0.3) is 11.4 Å². The Bertz CT molecular complexity index is 854. The number of aromatic hydroxyl groups is 2. The number of phenolic OH excluding ortho intramolecular Hbond substituents is 2. The highest BCUT2D eigenvalue weighted by atomic mass is 16.3. The van der Waals surface area contributed by atoms with Gasteiger partial charge in [0, 0.05) is 18.2 Å². The maximum Gasteiger partial charge on any atom is 0.289 e. The minimum atomic E-state index is -0.283. The number of piperidine rings is 1. The van der Waals surface area contributed by atoms with Gasteiger partial charge in [0.05, 0.1) is 5.56 Å². The molecule has 3 rings (SSSR count). The third-order valence-electron chi connectivity index (χ3n) is 5.00. The second kappa shape index (κ2) is 8.18. The van der Waals surface area contributed by atoms with Crippen molar-refractivity contribution in [2.45, 2.75) is 58.5 Å². The van der Waals surface area contributed by atoms with Gasteiger partial charge in [-0.3, -0.25) is 9.36 Å². The molecule has 0 radical (unpaired) electrons. The van der Waals surface area contributed by atoms with Crippen molar-refractivity contribution < 1.29 is 15.0 Å². The van der Waals surface area contributed by atoms with Crippen LogP contribution in [0.2, 0.25) is 0 Å². The number of rotatable bonds is 5. The minimum absolute atomic E-state index is 0.0243. The van der Waals surface area contributed by atoms with E-state index in [0.29, 0.717) is 17.0 Å². The maximum absolute atomic E-state index is 12.7. The molecule has 4 N–H and O–H groups in total. The minimum Gasteiger partial charge on any atom is -0.508 e. The van der Waals surface area contributed by atoms with Crippen molar-refractivity contribution in [3.63, 3.8) is 0 Å². The SMILES string of the molecule is CC(C)NC(=O)c1nnc(-c2cc(C(C)C)c(O)cc2O)n1C1CCNCC1. The Morgan fingerprint density at radius 1 is 1.14 bits per heavy atom. The normalized spacial score (nSPS) is 15.4. The Labute approximate surface area is 165 Å². The Kier molecular flexibility index (Phi) is 5.88. The summed E-state index contributed by atoms with van der Waals surface area (Å²) in [6, 6.07) is 3.10. The predicted molar refractivity (Wildman–Crippen MR) is 107 cm³/mol. The summed E-state index contributed by atoms with van der Waals surface area (Å²) in [5, 5.41) is 35.3. The lowest BCUT2D eigenvalue weighted by molar-refractivity contribution is 0.0924. The molecule has 1 amide bonds. The van der Waals surface area contributed by atoms with Crippen LogP contribution in [0.1, 0.15) is 68.7 Å². The molecule has 2 heterocycles. The zero-order valence-corrected chi connectivity index (χ0v) is 16.9. The Morgan fingerprint density at radius 2 is 1.82 bits per heavy atom. The first kappa shape index (κ1) is 20.1. The van der Waals surface area contributed by atoms with E-state index < -0.39 is 0 Å². The molecule has 0 atom stereocenters. The number of hydrogen-bond acceptors (Lipinski definition) is 6. The fraction of sp³-hybridized carbons (Fsp3) is 0.550. The summed E-state index contributed by atoms with van der Waals surface area (Å²) in [4.78, 5) is 12.7. The fourth-order valence-corrected chi connectivity index (χ4v) is 3.60. The second-order valence-electron chi connectivity index (χ2n) is 7.91. The van der Waals surface area contributed by atoms with E-state index in [1.807, 2.05) is 32.3 Å². The van der Waals surface area contributed by atoms with Crippen LogP contribution in [0.3, 0.4) is 0 Å². The van der Waals surface area contributed by atoms with Gasteiger partial charge in [-0.2, -0.15) is 0 Å². The summed E-state index contributed by atoms with van der Waals surface area (Å²) in [5.41, 5.74) is 1.18. The molecule has 1 aliphatic heterocycles. The van der Waals surface area contributed by atoms with Crippen LogP contribution in [-0.2, 0) is 0 Å². The molecule has 1 saturated heterocycles. The van der Waals surface area contributed by atoms with E-state index in [1.165, 1.54) is 6.07 Å². The zero-order chi connectivity index (χ0) is 20.4. The van der Waals surface area contributed by atoms with Gasteiger partial charge in [-0.05, 0) is 57.3 Å². The van der Waals surface area contributed by atoms with Gasteiger partial charge in [0.1, 0.15) is 11.5 Å². The Hall–Kier alpha value is -2.61. The van der Waals surface area contributed by atoms with Crippen LogP contribution in [-0.4, -0.2) is 50.0 Å². The number of hydrogen-bond donors (Lipinski definition) is 4. The van der Waals surface area contributed by atoms with Gasteiger partial charge in [0.15, 0.2) is 5.82 Å². The molecule has 0 saturated carbocycles. The highest BCUT2D eigenvalue weighted by Crippen LogP contribution is 2.38. The van der Waals surface area contributed by atoms with E-state index in [9.17, 15) is 15.0 Å². The third-order valence-corrected chi connectivity index (χ3v) is 5.00. The fourth-order valence-electron chi connectivity index (χ4n) is 3.60. The molecule has 1 aromatic heterocycles. The standard InChI is InChI=1S/C20H29N5O3/c1-11(2)14-9-15(17(27)10-16(14)26)18-23-24-19(20(28)22-12(3)4)25(18)13-5-7-21-8-6-13/h9-13,21,26-27H,5-8H2,1-4H3,(H,22,28). The van der Waals surface area contributed by atoms with E-state index in [4.69, 9.17) is 0 Å². The molecule has 8 heteroatoms. The van der Waals surface area contributed by atoms with Crippen molar-refractivity contribution in [1.82, 2.24) is 25.4 Å². The van der Waals surface area contributed by atoms with E-state index in [2.05, 4.69) is 20.8 Å². The molecule has 1 aliphatic rings. The van der Waals surface area contributed by atoms with E-state index in [1.54, 1.807) is 6.07 Å². The largest absolute Gasteiger partial charge is 0.508 e. The van der Waals surface area contributed by atoms with Crippen molar-refractivity contribution >= 4 is 5.91 Å². The third kappa shape index (κ3) is 3.96. The molecule has 0 unspecified atom stereocenters. The maximum atomic E-state index is 12.7. The van der Waals surface area contributed by atoms with Gasteiger partial charge >= 0.3 is 0 Å². The lowest BCUT2D eigenvalue weighted by Crippen LogP contribution is -2.35. The monoisotopic (exact) mass is 387 g/mol. The number of aromatic nitrogens is 3. The highest BCUT2D eigenvalue weighted by Gasteiger charge is 2.28. The number of phenols is 2. The van der Waals surface area contributed by atoms with Crippen LogP contribution in [0, 0.1) is 0 Å². The van der Waals surface area contributed by atoms with Crippen LogP contribution in [0.5, 0.6) is 11.5 Å². The summed E-state index contributed by atoms with van der Waals surface area (Å²) in [6.45, 7) is 9.40. The van der Waals surface area contributed by atoms with Crippen LogP contribution in [0.4, 0.5) is 0 Å². The second-order valence-corrected chi connectivity index (χ2v) is 7.91. The van der Waals surface area contributed by atoms with Gasteiger partial charge in [0.2, 0.25) is 5.82 Å². The smallest absolute Gasteiger partial charge is 0.289 e. The lowest BCUT2D eigenvalue weighted by Gasteiger charge is -2.26.